The van der Waals surface area contributed by atoms with Crippen LogP contribution in [0.4, 0.5) is 0 Å². The number of nitrogens with zero attached hydrogens (tertiary/aromatic N) is 1. The topological polar surface area (TPSA) is 3.24 Å². The summed E-state index contributed by atoms with van der Waals surface area (Å²) in [4.78, 5) is 2.19. The van der Waals surface area contributed by atoms with Crippen molar-refractivity contribution in [1.82, 2.24) is 4.90 Å². The van der Waals surface area contributed by atoms with Gasteiger partial charge >= 0.3 is 0 Å². The molecule has 1 saturated heterocycles. The molecule has 1 unspecified atom stereocenters. The van der Waals surface area contributed by atoms with Crippen molar-refractivity contribution in [1.29, 1.82) is 0 Å². The van der Waals surface area contributed by atoms with E-state index in [1.54, 1.807) is 0 Å². The van der Waals surface area contributed by atoms with Gasteiger partial charge in [0, 0.05) is 13.1 Å². The first-order chi connectivity index (χ1) is 3.29. The van der Waals surface area contributed by atoms with Crippen LogP contribution in [0.3, 0.4) is 0 Å². The van der Waals surface area contributed by atoms with E-state index in [4.69, 9.17) is 11.6 Å². The molecule has 1 nitrogen and oxygen atoms in total. The van der Waals surface area contributed by atoms with E-state index >= 15 is 0 Å². The van der Waals surface area contributed by atoms with Crippen molar-refractivity contribution in [2.45, 2.75) is 5.38 Å². The maximum absolute atomic E-state index is 5.71. The van der Waals surface area contributed by atoms with Gasteiger partial charge in [-0.1, -0.05) is 0 Å². The predicted molar refractivity (Wildman–Crippen MR) is 31.4 cm³/mol. The van der Waals surface area contributed by atoms with Crippen LogP contribution >= 0.6 is 11.6 Å². The minimum absolute atomic E-state index is 0.296. The van der Waals surface area contributed by atoms with Gasteiger partial charge in [-0.2, -0.15) is 0 Å². The molecule has 41 valence electrons. The first-order valence-corrected chi connectivity index (χ1v) is 2.88. The Balaban J connectivity index is 2.26. The highest BCUT2D eigenvalue weighted by atomic mass is 35.5. The Morgan fingerprint density at radius 1 is 1.86 bits per heavy atom. The second kappa shape index (κ2) is 2.01. The summed E-state index contributed by atoms with van der Waals surface area (Å²) in [6.45, 7) is 2.07. The molecule has 0 aromatic rings. The summed E-state index contributed by atoms with van der Waals surface area (Å²) < 4.78 is 0. The van der Waals surface area contributed by atoms with Gasteiger partial charge in [-0.3, -0.25) is 0 Å². The molecule has 1 radical (unpaired) electrons. The molecule has 1 fully saturated rings. The van der Waals surface area contributed by atoms with E-state index in [0.29, 0.717) is 5.38 Å². The molecule has 1 atom stereocenters. The van der Waals surface area contributed by atoms with Gasteiger partial charge in [0.05, 0.1) is 5.38 Å². The minimum Gasteiger partial charge on any atom is -0.305 e. The van der Waals surface area contributed by atoms with Gasteiger partial charge in [-0.25, -0.2) is 0 Å². The summed E-state index contributed by atoms with van der Waals surface area (Å²) in [6, 6.07) is 0. The molecule has 0 aliphatic carbocycles. The zero-order chi connectivity index (χ0) is 5.28. The van der Waals surface area contributed by atoms with E-state index in [2.05, 4.69) is 18.4 Å². The highest BCUT2D eigenvalue weighted by Crippen LogP contribution is 2.10. The van der Waals surface area contributed by atoms with E-state index in [9.17, 15) is 0 Å². The van der Waals surface area contributed by atoms with Crippen LogP contribution in [0, 0.1) is 6.42 Å². The van der Waals surface area contributed by atoms with Gasteiger partial charge in [0.25, 0.3) is 0 Å². The zero-order valence-electron chi connectivity index (χ0n) is 4.39. The summed E-state index contributed by atoms with van der Waals surface area (Å²) in [6.07, 6.45) is 2.11. The van der Waals surface area contributed by atoms with Gasteiger partial charge in [0.15, 0.2) is 0 Å². The predicted octanol–water partition coefficient (Wildman–Crippen LogP) is 0.743. The molecule has 0 spiro atoms. The molecule has 7 heavy (non-hydrogen) atoms. The lowest BCUT2D eigenvalue weighted by Crippen LogP contribution is -2.13. The fraction of sp³-hybridized carbons (Fsp3) is 0.800. The van der Waals surface area contributed by atoms with E-state index in [1.807, 2.05) is 0 Å². The lowest BCUT2D eigenvalue weighted by atomic mass is 10.4. The van der Waals surface area contributed by atoms with Crippen LogP contribution in [0.1, 0.15) is 0 Å². The maximum Gasteiger partial charge on any atom is 0.0507 e. The fourth-order valence-electron chi connectivity index (χ4n) is 0.741. The molecule has 2 heteroatoms. The van der Waals surface area contributed by atoms with Crippen molar-refractivity contribution >= 4 is 11.6 Å². The molecule has 0 saturated carbocycles. The van der Waals surface area contributed by atoms with E-state index in [-0.39, 0.29) is 0 Å². The van der Waals surface area contributed by atoms with Crippen molar-refractivity contribution < 1.29 is 0 Å². The molecule has 0 amide bonds. The van der Waals surface area contributed by atoms with Crippen molar-refractivity contribution in [3.05, 3.63) is 6.42 Å². The Labute approximate surface area is 49.3 Å². The van der Waals surface area contributed by atoms with Crippen molar-refractivity contribution in [2.75, 3.05) is 20.1 Å². The third kappa shape index (κ3) is 1.32. The largest absolute Gasteiger partial charge is 0.305 e. The third-order valence-electron chi connectivity index (χ3n) is 1.16. The Bertz CT molecular complexity index is 57.1. The smallest absolute Gasteiger partial charge is 0.0507 e. The number of hydrogen-bond acceptors (Lipinski definition) is 1. The molecule has 0 aromatic carbocycles. The molecular formula is C5H9ClN. The third-order valence-corrected chi connectivity index (χ3v) is 1.48. The average Bonchev–Trinajstić information content (AvgIpc) is 1.87. The summed E-state index contributed by atoms with van der Waals surface area (Å²) in [7, 11) is 2.07. The first kappa shape index (κ1) is 5.39. The number of likely N-dealkylation sites (tertiary alicyclic amines) is 1. The summed E-state index contributed by atoms with van der Waals surface area (Å²) in [5.41, 5.74) is 0. The van der Waals surface area contributed by atoms with Crippen LogP contribution in [0.5, 0.6) is 0 Å². The molecule has 1 aliphatic heterocycles. The van der Waals surface area contributed by atoms with Gasteiger partial charge in [-0.05, 0) is 13.5 Å². The van der Waals surface area contributed by atoms with Crippen LogP contribution in [0.15, 0.2) is 0 Å². The van der Waals surface area contributed by atoms with Gasteiger partial charge < -0.3 is 4.90 Å². The maximum atomic E-state index is 5.71. The number of halogens is 1. The van der Waals surface area contributed by atoms with Crippen LogP contribution in [0.25, 0.3) is 0 Å². The molecule has 1 heterocycles. The molecular weight excluding hydrogens is 110 g/mol. The molecule has 0 bridgehead atoms. The quantitative estimate of drug-likeness (QED) is 0.424. The fourth-order valence-corrected chi connectivity index (χ4v) is 1.06. The van der Waals surface area contributed by atoms with Gasteiger partial charge in [0.1, 0.15) is 0 Å². The van der Waals surface area contributed by atoms with Crippen molar-refractivity contribution in [3.63, 3.8) is 0 Å². The summed E-state index contributed by atoms with van der Waals surface area (Å²) in [5.74, 6) is 0. The number of alkyl halides is 1. The molecule has 0 N–H and O–H groups in total. The minimum atomic E-state index is 0.296. The monoisotopic (exact) mass is 118 g/mol. The molecule has 1 aliphatic rings. The Kier molecular flexibility index (Phi) is 1.55. The second-order valence-corrected chi connectivity index (χ2v) is 2.53. The standard InChI is InChI=1S/C5H9ClN/c1-7-3-2-5(6)4-7/h2,5H,3-4H2,1H3. The van der Waals surface area contributed by atoms with Crippen LogP contribution < -0.4 is 0 Å². The Morgan fingerprint density at radius 3 is 2.71 bits per heavy atom. The summed E-state index contributed by atoms with van der Waals surface area (Å²) in [5, 5.41) is 0.296. The lowest BCUT2D eigenvalue weighted by molar-refractivity contribution is 0.425. The van der Waals surface area contributed by atoms with Crippen molar-refractivity contribution in [3.8, 4) is 0 Å². The Morgan fingerprint density at radius 2 is 2.57 bits per heavy atom. The normalized spacial score (nSPS) is 34.3. The van der Waals surface area contributed by atoms with Crippen LogP contribution in [0.2, 0.25) is 0 Å². The number of hydrogen-bond donors (Lipinski definition) is 0. The van der Waals surface area contributed by atoms with E-state index in [0.717, 1.165) is 13.1 Å². The Hall–Kier alpha value is 0.250. The highest BCUT2D eigenvalue weighted by molar-refractivity contribution is 6.21. The average molecular weight is 119 g/mol. The van der Waals surface area contributed by atoms with Gasteiger partial charge in [-0.15, -0.1) is 11.6 Å². The van der Waals surface area contributed by atoms with Crippen LogP contribution in [-0.2, 0) is 0 Å². The van der Waals surface area contributed by atoms with Crippen LogP contribution in [-0.4, -0.2) is 30.4 Å². The molecule has 1 rings (SSSR count). The zero-order valence-corrected chi connectivity index (χ0v) is 5.15. The van der Waals surface area contributed by atoms with Gasteiger partial charge in [0.2, 0.25) is 0 Å². The highest BCUT2D eigenvalue weighted by Gasteiger charge is 2.15. The number of rotatable bonds is 0. The lowest BCUT2D eigenvalue weighted by Gasteiger charge is -2.02. The SMILES string of the molecule is CN1C[CH]C(Cl)C1. The second-order valence-electron chi connectivity index (χ2n) is 1.97. The van der Waals surface area contributed by atoms with E-state index in [1.165, 1.54) is 0 Å². The van der Waals surface area contributed by atoms with Crippen molar-refractivity contribution in [2.24, 2.45) is 0 Å². The first-order valence-electron chi connectivity index (χ1n) is 2.45. The van der Waals surface area contributed by atoms with E-state index < -0.39 is 0 Å². The summed E-state index contributed by atoms with van der Waals surface area (Å²) >= 11 is 5.71. The molecule has 0 aromatic heterocycles.